The predicted molar refractivity (Wildman–Crippen MR) is 86.9 cm³/mol. The third kappa shape index (κ3) is 4.31. The number of hydrogen-bond donors (Lipinski definition) is 0. The smallest absolute Gasteiger partial charge is 0.236 e. The second-order valence-corrected chi connectivity index (χ2v) is 6.53. The molecular formula is C16H27N5O2. The predicted octanol–water partition coefficient (Wildman–Crippen LogP) is -0.215. The van der Waals surface area contributed by atoms with E-state index in [1.165, 1.54) is 0 Å². The summed E-state index contributed by atoms with van der Waals surface area (Å²) < 4.78 is 7.56. The van der Waals surface area contributed by atoms with Crippen molar-refractivity contribution >= 4 is 5.91 Å². The van der Waals surface area contributed by atoms with Gasteiger partial charge >= 0.3 is 0 Å². The van der Waals surface area contributed by atoms with E-state index in [2.05, 4.69) is 19.4 Å². The minimum Gasteiger partial charge on any atom is -0.375 e. The highest BCUT2D eigenvalue weighted by Gasteiger charge is 2.25. The fraction of sp³-hybridized carbons (Fsp3) is 0.750. The molecule has 1 amide bonds. The fourth-order valence-electron chi connectivity index (χ4n) is 3.19. The van der Waals surface area contributed by atoms with Gasteiger partial charge in [0.15, 0.2) is 0 Å². The second-order valence-electron chi connectivity index (χ2n) is 6.53. The van der Waals surface area contributed by atoms with E-state index < -0.39 is 0 Å². The first kappa shape index (κ1) is 16.4. The van der Waals surface area contributed by atoms with Crippen molar-refractivity contribution in [2.45, 2.75) is 19.6 Å². The van der Waals surface area contributed by atoms with Crippen LogP contribution >= 0.6 is 0 Å². The number of aromatic nitrogens is 2. The third-order valence-electron chi connectivity index (χ3n) is 4.70. The monoisotopic (exact) mass is 321 g/mol. The van der Waals surface area contributed by atoms with Gasteiger partial charge in [0.05, 0.1) is 25.8 Å². The Morgan fingerprint density at radius 1 is 1.26 bits per heavy atom. The van der Waals surface area contributed by atoms with E-state index >= 15 is 0 Å². The molecule has 2 aliphatic rings. The number of aryl methyl sites for hydroxylation is 1. The van der Waals surface area contributed by atoms with Crippen molar-refractivity contribution in [3.05, 3.63) is 18.2 Å². The standard InChI is InChI=1S/C16H27N5O2/c1-14-11-21(9-10-23-14)16(22)13-20-7-5-19(6-8-20)12-15-17-3-4-18(15)2/h3-4,14H,5-13H2,1-2H3/t14-/m1/s1. The lowest BCUT2D eigenvalue weighted by atomic mass is 10.2. The third-order valence-corrected chi connectivity index (χ3v) is 4.70. The molecule has 3 rings (SSSR count). The van der Waals surface area contributed by atoms with Gasteiger partial charge in [0.2, 0.25) is 5.91 Å². The summed E-state index contributed by atoms with van der Waals surface area (Å²) in [5.41, 5.74) is 0. The van der Waals surface area contributed by atoms with Gasteiger partial charge < -0.3 is 14.2 Å². The molecule has 2 saturated heterocycles. The van der Waals surface area contributed by atoms with Gasteiger partial charge in [0, 0.05) is 58.7 Å². The number of ether oxygens (including phenoxy) is 1. The van der Waals surface area contributed by atoms with Gasteiger partial charge in [0.1, 0.15) is 5.82 Å². The topological polar surface area (TPSA) is 53.8 Å². The molecular weight excluding hydrogens is 294 g/mol. The van der Waals surface area contributed by atoms with E-state index in [4.69, 9.17) is 4.74 Å². The van der Waals surface area contributed by atoms with Gasteiger partial charge in [-0.1, -0.05) is 0 Å². The van der Waals surface area contributed by atoms with Gasteiger partial charge in [-0.2, -0.15) is 0 Å². The Bertz CT molecular complexity index is 524. The summed E-state index contributed by atoms with van der Waals surface area (Å²) in [6.07, 6.45) is 3.98. The molecule has 0 aliphatic carbocycles. The van der Waals surface area contributed by atoms with Gasteiger partial charge in [-0.3, -0.25) is 14.6 Å². The highest BCUT2D eigenvalue weighted by molar-refractivity contribution is 5.78. The molecule has 7 heteroatoms. The Morgan fingerprint density at radius 3 is 2.65 bits per heavy atom. The second kappa shape index (κ2) is 7.42. The van der Waals surface area contributed by atoms with Crippen LogP contribution in [0.2, 0.25) is 0 Å². The van der Waals surface area contributed by atoms with Crippen molar-refractivity contribution in [1.29, 1.82) is 0 Å². The Kier molecular flexibility index (Phi) is 5.30. The zero-order valence-electron chi connectivity index (χ0n) is 14.1. The zero-order chi connectivity index (χ0) is 16.2. The first-order valence-corrected chi connectivity index (χ1v) is 8.42. The van der Waals surface area contributed by atoms with Crippen LogP contribution in [0.4, 0.5) is 0 Å². The largest absolute Gasteiger partial charge is 0.375 e. The van der Waals surface area contributed by atoms with Crippen LogP contribution in [-0.4, -0.2) is 88.7 Å². The maximum absolute atomic E-state index is 12.4. The molecule has 2 fully saturated rings. The summed E-state index contributed by atoms with van der Waals surface area (Å²) in [5.74, 6) is 1.33. The minimum absolute atomic E-state index is 0.155. The molecule has 7 nitrogen and oxygen atoms in total. The van der Waals surface area contributed by atoms with Crippen LogP contribution in [0.3, 0.4) is 0 Å². The van der Waals surface area contributed by atoms with Crippen LogP contribution in [0.1, 0.15) is 12.7 Å². The van der Waals surface area contributed by atoms with Crippen LogP contribution in [0.5, 0.6) is 0 Å². The van der Waals surface area contributed by atoms with E-state index in [1.807, 2.05) is 31.3 Å². The lowest BCUT2D eigenvalue weighted by Crippen LogP contribution is -2.52. The fourth-order valence-corrected chi connectivity index (χ4v) is 3.19. The summed E-state index contributed by atoms with van der Waals surface area (Å²) in [6, 6.07) is 0. The molecule has 0 bridgehead atoms. The summed E-state index contributed by atoms with van der Waals surface area (Å²) in [7, 11) is 2.03. The summed E-state index contributed by atoms with van der Waals surface area (Å²) >= 11 is 0. The van der Waals surface area contributed by atoms with Gasteiger partial charge in [-0.15, -0.1) is 0 Å². The van der Waals surface area contributed by atoms with E-state index in [9.17, 15) is 4.79 Å². The molecule has 0 spiro atoms. The molecule has 1 atom stereocenters. The average Bonchev–Trinajstić information content (AvgIpc) is 2.94. The molecule has 128 valence electrons. The Morgan fingerprint density at radius 2 is 2.00 bits per heavy atom. The number of hydrogen-bond acceptors (Lipinski definition) is 5. The first-order valence-electron chi connectivity index (χ1n) is 8.42. The Labute approximate surface area is 137 Å². The van der Waals surface area contributed by atoms with Gasteiger partial charge in [-0.25, -0.2) is 4.98 Å². The molecule has 1 aromatic heterocycles. The van der Waals surface area contributed by atoms with Crippen LogP contribution < -0.4 is 0 Å². The molecule has 0 aromatic carbocycles. The van der Waals surface area contributed by atoms with Crippen LogP contribution in [0.25, 0.3) is 0 Å². The molecule has 2 aliphatic heterocycles. The Hall–Kier alpha value is -1.44. The molecule has 0 unspecified atom stereocenters. The van der Waals surface area contributed by atoms with Crippen molar-refractivity contribution < 1.29 is 9.53 Å². The number of morpholine rings is 1. The SMILES string of the molecule is C[C@@H]1CN(C(=O)CN2CCN(Cc3nccn3C)CC2)CCO1. The number of rotatable bonds is 4. The summed E-state index contributed by atoms with van der Waals surface area (Å²) in [5, 5.41) is 0. The molecule has 3 heterocycles. The molecule has 0 N–H and O–H groups in total. The van der Waals surface area contributed by atoms with Crippen LogP contribution in [-0.2, 0) is 23.1 Å². The number of piperazine rings is 1. The number of amides is 1. The van der Waals surface area contributed by atoms with E-state index in [1.54, 1.807) is 0 Å². The average molecular weight is 321 g/mol. The minimum atomic E-state index is 0.155. The highest BCUT2D eigenvalue weighted by atomic mass is 16.5. The lowest BCUT2D eigenvalue weighted by Gasteiger charge is -2.36. The normalized spacial score (nSPS) is 24.1. The number of nitrogens with zero attached hydrogens (tertiary/aromatic N) is 5. The van der Waals surface area contributed by atoms with Gasteiger partial charge in [-0.05, 0) is 6.92 Å². The van der Waals surface area contributed by atoms with Crippen molar-refractivity contribution in [2.75, 3.05) is 52.4 Å². The number of carbonyl (C=O) groups excluding carboxylic acids is 1. The summed E-state index contributed by atoms with van der Waals surface area (Å²) in [4.78, 5) is 23.4. The summed E-state index contributed by atoms with van der Waals surface area (Å²) in [6.45, 7) is 9.39. The number of imidazole rings is 1. The maximum Gasteiger partial charge on any atom is 0.236 e. The van der Waals surface area contributed by atoms with E-state index in [0.717, 1.165) is 51.6 Å². The van der Waals surface area contributed by atoms with E-state index in [-0.39, 0.29) is 12.0 Å². The van der Waals surface area contributed by atoms with Crippen molar-refractivity contribution in [1.82, 2.24) is 24.3 Å². The van der Waals surface area contributed by atoms with Gasteiger partial charge in [0.25, 0.3) is 0 Å². The van der Waals surface area contributed by atoms with Crippen molar-refractivity contribution in [2.24, 2.45) is 7.05 Å². The highest BCUT2D eigenvalue weighted by Crippen LogP contribution is 2.09. The molecule has 23 heavy (non-hydrogen) atoms. The molecule has 1 aromatic rings. The Balaban J connectivity index is 1.42. The van der Waals surface area contributed by atoms with Crippen LogP contribution in [0.15, 0.2) is 12.4 Å². The maximum atomic E-state index is 12.4. The van der Waals surface area contributed by atoms with Crippen molar-refractivity contribution in [3.8, 4) is 0 Å². The zero-order valence-corrected chi connectivity index (χ0v) is 14.1. The van der Waals surface area contributed by atoms with E-state index in [0.29, 0.717) is 13.2 Å². The van der Waals surface area contributed by atoms with Crippen molar-refractivity contribution in [3.63, 3.8) is 0 Å². The number of carbonyl (C=O) groups is 1. The lowest BCUT2D eigenvalue weighted by molar-refractivity contribution is -0.139. The quantitative estimate of drug-likeness (QED) is 0.768. The van der Waals surface area contributed by atoms with Crippen LogP contribution in [0, 0.1) is 0 Å². The molecule has 0 saturated carbocycles. The molecule has 0 radical (unpaired) electrons. The first-order chi connectivity index (χ1) is 11.1.